The van der Waals surface area contributed by atoms with E-state index in [4.69, 9.17) is 4.74 Å². The maximum Gasteiger partial charge on any atom is 0.241 e. The Morgan fingerprint density at radius 2 is 2.04 bits per heavy atom. The van der Waals surface area contributed by atoms with E-state index in [1.807, 2.05) is 26.8 Å². The van der Waals surface area contributed by atoms with Gasteiger partial charge in [-0.15, -0.1) is 0 Å². The van der Waals surface area contributed by atoms with Crippen LogP contribution >= 0.6 is 0 Å². The van der Waals surface area contributed by atoms with E-state index >= 15 is 0 Å². The predicted molar refractivity (Wildman–Crippen MR) is 101 cm³/mol. The number of likely N-dealkylation sites (N-methyl/N-ethyl adjacent to an activating group) is 1. The lowest BCUT2D eigenvalue weighted by Crippen LogP contribution is -2.39. The number of guanidine groups is 1. The van der Waals surface area contributed by atoms with Gasteiger partial charge in [0.05, 0.1) is 12.6 Å². The monoisotopic (exact) mass is 364 g/mol. The fourth-order valence-electron chi connectivity index (χ4n) is 2.41. The van der Waals surface area contributed by atoms with E-state index in [2.05, 4.69) is 20.9 Å². The van der Waals surface area contributed by atoms with E-state index in [0.717, 1.165) is 5.56 Å². The summed E-state index contributed by atoms with van der Waals surface area (Å²) >= 11 is 0. The van der Waals surface area contributed by atoms with Crippen molar-refractivity contribution in [3.8, 4) is 5.75 Å². The van der Waals surface area contributed by atoms with Gasteiger partial charge < -0.3 is 20.7 Å². The molecule has 0 heterocycles. The summed E-state index contributed by atoms with van der Waals surface area (Å²) < 4.78 is 19.8. The molecule has 2 rings (SSSR count). The number of amides is 1. The number of ether oxygens (including phenoxy) is 1. The lowest BCUT2D eigenvalue weighted by Gasteiger charge is -2.19. The third-order valence-corrected chi connectivity index (χ3v) is 4.08. The molecule has 7 heteroatoms. The summed E-state index contributed by atoms with van der Waals surface area (Å²) in [4.78, 5) is 15.8. The smallest absolute Gasteiger partial charge is 0.241 e. The van der Waals surface area contributed by atoms with Crippen LogP contribution in [-0.2, 0) is 4.79 Å². The van der Waals surface area contributed by atoms with Gasteiger partial charge in [-0.25, -0.2) is 9.38 Å². The Kier molecular flexibility index (Phi) is 7.69. The number of hydrogen-bond acceptors (Lipinski definition) is 3. The molecule has 0 saturated heterocycles. The number of nitrogens with one attached hydrogen (secondary N) is 3. The average molecular weight is 364 g/mol. The molecule has 6 nitrogen and oxygen atoms in total. The maximum absolute atomic E-state index is 14.3. The fourth-order valence-corrected chi connectivity index (χ4v) is 2.41. The number of carbonyl (C=O) groups excluding carboxylic acids is 1. The van der Waals surface area contributed by atoms with E-state index in [9.17, 15) is 9.18 Å². The van der Waals surface area contributed by atoms with Gasteiger partial charge in [-0.2, -0.15) is 0 Å². The molecule has 1 atom stereocenters. The highest BCUT2D eigenvalue weighted by Gasteiger charge is 2.22. The van der Waals surface area contributed by atoms with Crippen molar-refractivity contribution in [3.05, 3.63) is 29.6 Å². The van der Waals surface area contributed by atoms with Crippen LogP contribution in [0.3, 0.4) is 0 Å². The lowest BCUT2D eigenvalue weighted by atomic mass is 10.1. The SMILES string of the molecule is CCNC(=O)CN=C(NCC)NC(C)c1ccc(OCC2CC2)c(F)c1. The van der Waals surface area contributed by atoms with Crippen molar-refractivity contribution >= 4 is 11.9 Å². The van der Waals surface area contributed by atoms with Gasteiger partial charge in [0.15, 0.2) is 17.5 Å². The Balaban J connectivity index is 1.96. The predicted octanol–water partition coefficient (Wildman–Crippen LogP) is 2.37. The first-order valence-corrected chi connectivity index (χ1v) is 9.27. The van der Waals surface area contributed by atoms with Crippen molar-refractivity contribution in [2.24, 2.45) is 10.9 Å². The number of hydrogen-bond donors (Lipinski definition) is 3. The molecular formula is C19H29FN4O2. The van der Waals surface area contributed by atoms with Gasteiger partial charge >= 0.3 is 0 Å². The van der Waals surface area contributed by atoms with Crippen molar-refractivity contribution in [2.45, 2.75) is 39.7 Å². The highest BCUT2D eigenvalue weighted by atomic mass is 19.1. The first kappa shape index (κ1) is 20.0. The van der Waals surface area contributed by atoms with Gasteiger partial charge in [0.2, 0.25) is 5.91 Å². The molecule has 1 unspecified atom stereocenters. The van der Waals surface area contributed by atoms with Crippen LogP contribution in [0.1, 0.15) is 45.2 Å². The largest absolute Gasteiger partial charge is 0.490 e. The van der Waals surface area contributed by atoms with Crippen molar-refractivity contribution in [3.63, 3.8) is 0 Å². The minimum atomic E-state index is -0.360. The molecule has 26 heavy (non-hydrogen) atoms. The molecule has 1 aromatic rings. The van der Waals surface area contributed by atoms with Gasteiger partial charge in [0, 0.05) is 13.1 Å². The second kappa shape index (κ2) is 9.99. The summed E-state index contributed by atoms with van der Waals surface area (Å²) in [6, 6.07) is 4.82. The van der Waals surface area contributed by atoms with Gasteiger partial charge in [0.1, 0.15) is 6.54 Å². The number of aliphatic imine (C=N–C) groups is 1. The van der Waals surface area contributed by atoms with Crippen LogP contribution in [0, 0.1) is 11.7 Å². The zero-order valence-electron chi connectivity index (χ0n) is 15.8. The Labute approximate surface area is 154 Å². The van der Waals surface area contributed by atoms with Gasteiger partial charge in [-0.3, -0.25) is 4.79 Å². The van der Waals surface area contributed by atoms with Crippen molar-refractivity contribution in [1.82, 2.24) is 16.0 Å². The molecule has 3 N–H and O–H groups in total. The Hall–Kier alpha value is -2.31. The summed E-state index contributed by atoms with van der Waals surface area (Å²) in [6.45, 7) is 7.58. The lowest BCUT2D eigenvalue weighted by molar-refractivity contribution is -0.119. The average Bonchev–Trinajstić information content (AvgIpc) is 3.43. The number of benzene rings is 1. The minimum absolute atomic E-state index is 0.0399. The highest BCUT2D eigenvalue weighted by molar-refractivity contribution is 5.85. The Bertz CT molecular complexity index is 632. The van der Waals surface area contributed by atoms with E-state index in [0.29, 0.717) is 37.3 Å². The molecule has 0 aromatic heterocycles. The van der Waals surface area contributed by atoms with Gasteiger partial charge in [-0.1, -0.05) is 6.07 Å². The summed E-state index contributed by atoms with van der Waals surface area (Å²) in [5.41, 5.74) is 0.782. The van der Waals surface area contributed by atoms with E-state index in [1.165, 1.54) is 18.9 Å². The van der Waals surface area contributed by atoms with Crippen molar-refractivity contribution in [1.29, 1.82) is 0 Å². The molecule has 0 aliphatic heterocycles. The topological polar surface area (TPSA) is 74.8 Å². The van der Waals surface area contributed by atoms with Gasteiger partial charge in [0.25, 0.3) is 0 Å². The third-order valence-electron chi connectivity index (χ3n) is 4.08. The van der Waals surface area contributed by atoms with Crippen molar-refractivity contribution in [2.75, 3.05) is 26.2 Å². The molecule has 1 aliphatic rings. The highest BCUT2D eigenvalue weighted by Crippen LogP contribution is 2.30. The molecule has 1 saturated carbocycles. The van der Waals surface area contributed by atoms with Crippen molar-refractivity contribution < 1.29 is 13.9 Å². The van der Waals surface area contributed by atoms with E-state index < -0.39 is 0 Å². The number of rotatable bonds is 9. The van der Waals surface area contributed by atoms with Crippen LogP contribution in [0.2, 0.25) is 0 Å². The number of halogens is 1. The quantitative estimate of drug-likeness (QED) is 0.465. The third kappa shape index (κ3) is 6.54. The molecule has 1 fully saturated rings. The maximum atomic E-state index is 14.3. The molecule has 1 aromatic carbocycles. The molecule has 0 spiro atoms. The summed E-state index contributed by atoms with van der Waals surface area (Å²) in [5.74, 6) is 0.894. The summed E-state index contributed by atoms with van der Waals surface area (Å²) in [7, 11) is 0. The Morgan fingerprint density at radius 3 is 2.65 bits per heavy atom. The minimum Gasteiger partial charge on any atom is -0.490 e. The zero-order chi connectivity index (χ0) is 18.9. The van der Waals surface area contributed by atoms with Crippen LogP contribution in [0.5, 0.6) is 5.75 Å². The Morgan fingerprint density at radius 1 is 1.31 bits per heavy atom. The standard InChI is InChI=1S/C19H29FN4O2/c1-4-21-18(25)11-23-19(22-5-2)24-13(3)15-8-9-17(16(20)10-15)26-12-14-6-7-14/h8-10,13-14H,4-7,11-12H2,1-3H3,(H,21,25)(H2,22,23,24). The first-order chi connectivity index (χ1) is 12.5. The van der Waals surface area contributed by atoms with Crippen LogP contribution in [0.15, 0.2) is 23.2 Å². The normalized spacial score (nSPS) is 15.3. The second-order valence-electron chi connectivity index (χ2n) is 6.46. The molecule has 0 bridgehead atoms. The summed E-state index contributed by atoms with van der Waals surface area (Å²) in [6.07, 6.45) is 2.34. The summed E-state index contributed by atoms with van der Waals surface area (Å²) in [5, 5.41) is 8.98. The molecule has 144 valence electrons. The van der Waals surface area contributed by atoms with E-state index in [1.54, 1.807) is 6.07 Å². The molecule has 1 aliphatic carbocycles. The molecule has 0 radical (unpaired) electrons. The van der Waals surface area contributed by atoms with Crippen LogP contribution in [0.4, 0.5) is 4.39 Å². The van der Waals surface area contributed by atoms with Gasteiger partial charge in [-0.05, 0) is 57.2 Å². The molecule has 1 amide bonds. The fraction of sp³-hybridized carbons (Fsp3) is 0.579. The number of carbonyl (C=O) groups is 1. The second-order valence-corrected chi connectivity index (χ2v) is 6.46. The zero-order valence-corrected chi connectivity index (χ0v) is 15.8. The molecular weight excluding hydrogens is 335 g/mol. The van der Waals surface area contributed by atoms with Crippen LogP contribution < -0.4 is 20.7 Å². The first-order valence-electron chi connectivity index (χ1n) is 9.27. The van der Waals surface area contributed by atoms with Crippen LogP contribution in [-0.4, -0.2) is 38.1 Å². The number of nitrogens with zero attached hydrogens (tertiary/aromatic N) is 1. The van der Waals surface area contributed by atoms with Crippen LogP contribution in [0.25, 0.3) is 0 Å². The van der Waals surface area contributed by atoms with E-state index in [-0.39, 0.29) is 24.3 Å².